The van der Waals surface area contributed by atoms with Crippen LogP contribution in [-0.2, 0) is 0 Å². The number of hydrogen-bond acceptors (Lipinski definition) is 3. The van der Waals surface area contributed by atoms with E-state index in [1.165, 1.54) is 11.5 Å². The predicted molar refractivity (Wildman–Crippen MR) is 54.2 cm³/mol. The van der Waals surface area contributed by atoms with Gasteiger partial charge in [0.15, 0.2) is 0 Å². The van der Waals surface area contributed by atoms with Crippen molar-refractivity contribution in [2.45, 2.75) is 36.9 Å². The van der Waals surface area contributed by atoms with Gasteiger partial charge in [0, 0.05) is 11.5 Å². The van der Waals surface area contributed by atoms with E-state index in [9.17, 15) is 5.11 Å². The highest BCUT2D eigenvalue weighted by Gasteiger charge is 2.39. The third-order valence-corrected chi connectivity index (χ3v) is 6.04. The quantitative estimate of drug-likeness (QED) is 0.741. The maximum Gasteiger partial charge on any atom is 0.0866 e. The molecule has 0 aromatic heterocycles. The SMILES string of the molecule is CCC(O)C1(CC)SCCS1. The Morgan fingerprint density at radius 2 is 1.91 bits per heavy atom. The van der Waals surface area contributed by atoms with Gasteiger partial charge in [-0.3, -0.25) is 0 Å². The molecule has 1 heterocycles. The lowest BCUT2D eigenvalue weighted by molar-refractivity contribution is 0.155. The van der Waals surface area contributed by atoms with E-state index >= 15 is 0 Å². The van der Waals surface area contributed by atoms with Gasteiger partial charge < -0.3 is 5.11 Å². The molecule has 11 heavy (non-hydrogen) atoms. The van der Waals surface area contributed by atoms with E-state index in [1.807, 2.05) is 23.5 Å². The van der Waals surface area contributed by atoms with Crippen molar-refractivity contribution < 1.29 is 5.11 Å². The maximum atomic E-state index is 9.77. The van der Waals surface area contributed by atoms with Crippen LogP contribution in [0.15, 0.2) is 0 Å². The number of rotatable bonds is 3. The summed E-state index contributed by atoms with van der Waals surface area (Å²) in [5.41, 5.74) is 0. The van der Waals surface area contributed by atoms with Crippen molar-refractivity contribution >= 4 is 23.5 Å². The number of hydrogen-bond donors (Lipinski definition) is 1. The van der Waals surface area contributed by atoms with Crippen molar-refractivity contribution in [3.8, 4) is 0 Å². The van der Waals surface area contributed by atoms with Crippen LogP contribution >= 0.6 is 23.5 Å². The Hall–Kier alpha value is 0.660. The average Bonchev–Trinajstić information content (AvgIpc) is 2.52. The van der Waals surface area contributed by atoms with Gasteiger partial charge in [-0.05, 0) is 12.8 Å². The molecule has 1 N–H and O–H groups in total. The average molecular weight is 192 g/mol. The molecule has 0 amide bonds. The predicted octanol–water partition coefficient (Wildman–Crippen LogP) is 2.34. The van der Waals surface area contributed by atoms with Crippen molar-refractivity contribution in [1.82, 2.24) is 0 Å². The Kier molecular flexibility index (Phi) is 3.59. The summed E-state index contributed by atoms with van der Waals surface area (Å²) in [6, 6.07) is 0. The van der Waals surface area contributed by atoms with Gasteiger partial charge >= 0.3 is 0 Å². The molecule has 1 fully saturated rings. The van der Waals surface area contributed by atoms with E-state index in [0.717, 1.165) is 12.8 Å². The Balaban J connectivity index is 2.58. The second-order valence-corrected chi connectivity index (χ2v) is 5.90. The molecule has 1 aliphatic rings. The minimum Gasteiger partial charge on any atom is -0.391 e. The molecule has 0 spiro atoms. The summed E-state index contributed by atoms with van der Waals surface area (Å²) in [5.74, 6) is 2.41. The molecule has 1 nitrogen and oxygen atoms in total. The topological polar surface area (TPSA) is 20.2 Å². The van der Waals surface area contributed by atoms with Crippen LogP contribution in [0.3, 0.4) is 0 Å². The van der Waals surface area contributed by atoms with Crippen molar-refractivity contribution in [1.29, 1.82) is 0 Å². The molecule has 66 valence electrons. The van der Waals surface area contributed by atoms with E-state index < -0.39 is 0 Å². The van der Waals surface area contributed by atoms with Crippen molar-refractivity contribution in [3.05, 3.63) is 0 Å². The molecule has 1 unspecified atom stereocenters. The normalized spacial score (nSPS) is 25.4. The van der Waals surface area contributed by atoms with Gasteiger partial charge in [-0.15, -0.1) is 23.5 Å². The minimum absolute atomic E-state index is 0.120. The fourth-order valence-electron chi connectivity index (χ4n) is 1.41. The van der Waals surface area contributed by atoms with Gasteiger partial charge in [-0.1, -0.05) is 13.8 Å². The molecule has 0 aromatic carbocycles. The third kappa shape index (κ3) is 1.87. The summed E-state index contributed by atoms with van der Waals surface area (Å²) in [6.45, 7) is 4.23. The van der Waals surface area contributed by atoms with Crippen LogP contribution < -0.4 is 0 Å². The summed E-state index contributed by atoms with van der Waals surface area (Å²) >= 11 is 3.87. The highest BCUT2D eigenvalue weighted by molar-refractivity contribution is 8.21. The van der Waals surface area contributed by atoms with Crippen LogP contribution in [0.1, 0.15) is 26.7 Å². The molecule has 0 aromatic rings. The van der Waals surface area contributed by atoms with Crippen LogP contribution in [0, 0.1) is 0 Å². The fraction of sp³-hybridized carbons (Fsp3) is 1.00. The van der Waals surface area contributed by atoms with Crippen LogP contribution in [-0.4, -0.2) is 26.8 Å². The second kappa shape index (κ2) is 4.06. The van der Waals surface area contributed by atoms with Gasteiger partial charge in [0.2, 0.25) is 0 Å². The monoisotopic (exact) mass is 192 g/mol. The molecule has 3 heteroatoms. The summed E-state index contributed by atoms with van der Waals surface area (Å²) in [7, 11) is 0. The Labute approximate surface area is 77.3 Å². The van der Waals surface area contributed by atoms with Crippen molar-refractivity contribution in [2.75, 3.05) is 11.5 Å². The van der Waals surface area contributed by atoms with Gasteiger partial charge in [-0.25, -0.2) is 0 Å². The van der Waals surface area contributed by atoms with Crippen LogP contribution in [0.4, 0.5) is 0 Å². The molecule has 1 aliphatic heterocycles. The first kappa shape index (κ1) is 9.75. The molecule has 1 atom stereocenters. The Bertz CT molecular complexity index is 121. The fourth-order valence-corrected chi connectivity index (χ4v) is 4.73. The maximum absolute atomic E-state index is 9.77. The zero-order chi connectivity index (χ0) is 8.32. The van der Waals surface area contributed by atoms with Gasteiger partial charge in [0.25, 0.3) is 0 Å². The van der Waals surface area contributed by atoms with Crippen LogP contribution in [0.25, 0.3) is 0 Å². The van der Waals surface area contributed by atoms with E-state index in [2.05, 4.69) is 13.8 Å². The van der Waals surface area contributed by atoms with Crippen molar-refractivity contribution in [2.24, 2.45) is 0 Å². The first-order chi connectivity index (χ1) is 5.25. The standard InChI is InChI=1S/C8H16OS2/c1-3-7(9)8(4-2)10-5-6-11-8/h7,9H,3-6H2,1-2H3. The molecule has 0 saturated carbocycles. The third-order valence-electron chi connectivity index (χ3n) is 2.16. The molecule has 1 saturated heterocycles. The lowest BCUT2D eigenvalue weighted by atomic mass is 10.1. The Morgan fingerprint density at radius 1 is 1.36 bits per heavy atom. The highest BCUT2D eigenvalue weighted by Crippen LogP contribution is 2.49. The second-order valence-electron chi connectivity index (χ2n) is 2.79. The molecule has 1 rings (SSSR count). The molecular weight excluding hydrogens is 176 g/mol. The Morgan fingerprint density at radius 3 is 2.27 bits per heavy atom. The molecular formula is C8H16OS2. The first-order valence-electron chi connectivity index (χ1n) is 4.21. The first-order valence-corrected chi connectivity index (χ1v) is 6.18. The number of aliphatic hydroxyl groups excluding tert-OH is 1. The zero-order valence-electron chi connectivity index (χ0n) is 7.17. The molecule has 0 bridgehead atoms. The summed E-state index contributed by atoms with van der Waals surface area (Å²) in [4.78, 5) is 0. The van der Waals surface area contributed by atoms with E-state index in [-0.39, 0.29) is 10.2 Å². The molecule has 0 radical (unpaired) electrons. The molecule has 0 aliphatic carbocycles. The highest BCUT2D eigenvalue weighted by atomic mass is 32.2. The summed E-state index contributed by atoms with van der Waals surface area (Å²) < 4.78 is 0.134. The largest absolute Gasteiger partial charge is 0.391 e. The smallest absolute Gasteiger partial charge is 0.0866 e. The van der Waals surface area contributed by atoms with Crippen LogP contribution in [0.2, 0.25) is 0 Å². The van der Waals surface area contributed by atoms with Gasteiger partial charge in [0.05, 0.1) is 10.2 Å². The van der Waals surface area contributed by atoms with Gasteiger partial charge in [-0.2, -0.15) is 0 Å². The summed E-state index contributed by atoms with van der Waals surface area (Å²) in [5, 5.41) is 9.77. The van der Waals surface area contributed by atoms with Crippen molar-refractivity contribution in [3.63, 3.8) is 0 Å². The number of aliphatic hydroxyl groups is 1. The van der Waals surface area contributed by atoms with Crippen LogP contribution in [0.5, 0.6) is 0 Å². The van der Waals surface area contributed by atoms with Gasteiger partial charge in [0.1, 0.15) is 0 Å². The zero-order valence-corrected chi connectivity index (χ0v) is 8.80. The number of thioether (sulfide) groups is 2. The lowest BCUT2D eigenvalue weighted by Crippen LogP contribution is -2.32. The van der Waals surface area contributed by atoms with E-state index in [0.29, 0.717) is 0 Å². The lowest BCUT2D eigenvalue weighted by Gasteiger charge is -2.30. The van der Waals surface area contributed by atoms with E-state index in [1.54, 1.807) is 0 Å². The van der Waals surface area contributed by atoms with E-state index in [4.69, 9.17) is 0 Å². The summed E-state index contributed by atoms with van der Waals surface area (Å²) in [6.07, 6.45) is 1.84. The minimum atomic E-state index is -0.120.